The summed E-state index contributed by atoms with van der Waals surface area (Å²) in [4.78, 5) is 15.7. The topological polar surface area (TPSA) is 53.4 Å². The van der Waals surface area contributed by atoms with Crippen LogP contribution in [0.25, 0.3) is 34.5 Å². The summed E-state index contributed by atoms with van der Waals surface area (Å²) in [5.74, 6) is 1.15. The van der Waals surface area contributed by atoms with Gasteiger partial charge in [0, 0.05) is 24.7 Å². The Morgan fingerprint density at radius 2 is 1.64 bits per heavy atom. The molecule has 0 unspecified atom stereocenters. The highest BCUT2D eigenvalue weighted by atomic mass is 19.4. The molecule has 1 aromatic heterocycles. The maximum absolute atomic E-state index is 13.1. The van der Waals surface area contributed by atoms with Gasteiger partial charge in [-0.3, -0.25) is 4.79 Å². The number of aromatic nitrogens is 2. The number of hydrogen-bond donors (Lipinski definition) is 0. The fraction of sp³-hybridized carbons (Fsp3) is 0.226. The van der Waals surface area contributed by atoms with E-state index in [1.54, 1.807) is 12.3 Å². The molecule has 0 spiro atoms. The van der Waals surface area contributed by atoms with Gasteiger partial charge in [-0.1, -0.05) is 54.6 Å². The number of carbonyl (C=O) groups excluding carboxylic acids is 1. The number of alkyl halides is 3. The van der Waals surface area contributed by atoms with Crippen LogP contribution < -0.4 is 4.74 Å². The summed E-state index contributed by atoms with van der Waals surface area (Å²) in [6.07, 6.45) is 2.08. The SMILES string of the molecule is CCn1cc(-c2cccc(C(F)(F)F)c2)nc1C=Cc1ccc(-c2ccc(OCCCC(=O)OC)cc2)cc1. The lowest BCUT2D eigenvalue weighted by Gasteiger charge is -2.07. The summed E-state index contributed by atoms with van der Waals surface area (Å²) < 4.78 is 51.6. The molecule has 0 atom stereocenters. The molecule has 8 heteroatoms. The van der Waals surface area contributed by atoms with Gasteiger partial charge in [-0.15, -0.1) is 0 Å². The van der Waals surface area contributed by atoms with Crippen molar-refractivity contribution in [3.63, 3.8) is 0 Å². The van der Waals surface area contributed by atoms with Crippen LogP contribution in [-0.4, -0.2) is 29.2 Å². The fourth-order valence-corrected chi connectivity index (χ4v) is 4.02. The van der Waals surface area contributed by atoms with Crippen LogP contribution in [0.2, 0.25) is 0 Å². The minimum Gasteiger partial charge on any atom is -0.494 e. The Balaban J connectivity index is 1.41. The van der Waals surface area contributed by atoms with Gasteiger partial charge in [0.05, 0.1) is 25.0 Å². The molecule has 0 saturated heterocycles. The van der Waals surface area contributed by atoms with E-state index in [2.05, 4.69) is 9.72 Å². The summed E-state index contributed by atoms with van der Waals surface area (Å²) in [5.41, 5.74) is 3.28. The van der Waals surface area contributed by atoms with Crippen molar-refractivity contribution in [3.8, 4) is 28.1 Å². The van der Waals surface area contributed by atoms with E-state index in [0.717, 1.165) is 34.6 Å². The lowest BCUT2D eigenvalue weighted by atomic mass is 10.0. The summed E-state index contributed by atoms with van der Waals surface area (Å²) >= 11 is 0. The number of nitrogens with zero attached hydrogens (tertiary/aromatic N) is 2. The Labute approximate surface area is 225 Å². The van der Waals surface area contributed by atoms with Crippen molar-refractivity contribution in [1.29, 1.82) is 0 Å². The first-order valence-electron chi connectivity index (χ1n) is 12.6. The van der Waals surface area contributed by atoms with E-state index in [0.29, 0.717) is 43.1 Å². The van der Waals surface area contributed by atoms with Crippen LogP contribution in [0.3, 0.4) is 0 Å². The minimum absolute atomic E-state index is 0.247. The zero-order valence-corrected chi connectivity index (χ0v) is 21.7. The third-order valence-corrected chi connectivity index (χ3v) is 6.18. The second-order valence-corrected chi connectivity index (χ2v) is 8.86. The number of rotatable bonds is 10. The number of benzene rings is 3. The van der Waals surface area contributed by atoms with Crippen molar-refractivity contribution in [1.82, 2.24) is 9.55 Å². The van der Waals surface area contributed by atoms with Crippen molar-refractivity contribution in [2.24, 2.45) is 0 Å². The second-order valence-electron chi connectivity index (χ2n) is 8.86. The van der Waals surface area contributed by atoms with E-state index in [1.165, 1.54) is 13.2 Å². The van der Waals surface area contributed by atoms with Crippen molar-refractivity contribution in [2.45, 2.75) is 32.5 Å². The van der Waals surface area contributed by atoms with Gasteiger partial charge < -0.3 is 14.0 Å². The first-order chi connectivity index (χ1) is 18.8. The molecule has 0 bridgehead atoms. The summed E-state index contributed by atoms with van der Waals surface area (Å²) in [5, 5.41) is 0. The van der Waals surface area contributed by atoms with Crippen molar-refractivity contribution < 1.29 is 27.4 Å². The molecule has 1 heterocycles. The average molecular weight is 535 g/mol. The number of ether oxygens (including phenoxy) is 2. The van der Waals surface area contributed by atoms with Crippen molar-refractivity contribution in [2.75, 3.05) is 13.7 Å². The highest BCUT2D eigenvalue weighted by Crippen LogP contribution is 2.32. The first-order valence-corrected chi connectivity index (χ1v) is 12.6. The summed E-state index contributed by atoms with van der Waals surface area (Å²) in [6, 6.07) is 21.0. The van der Waals surface area contributed by atoms with Gasteiger partial charge in [-0.25, -0.2) is 4.98 Å². The Kier molecular flexibility index (Phi) is 8.86. The van der Waals surface area contributed by atoms with E-state index in [4.69, 9.17) is 4.74 Å². The third-order valence-electron chi connectivity index (χ3n) is 6.18. The Bertz CT molecular complexity index is 1420. The number of methoxy groups -OCH3 is 1. The molecular weight excluding hydrogens is 505 g/mol. The quantitative estimate of drug-likeness (QED) is 0.154. The number of aryl methyl sites for hydroxylation is 1. The summed E-state index contributed by atoms with van der Waals surface area (Å²) in [7, 11) is 1.37. The standard InChI is InChI=1S/C31H29F3N2O3/c1-3-36-21-28(25-6-4-7-26(20-25)31(32,33)34)35-29(36)18-11-22-9-12-23(13-10-22)24-14-16-27(17-15-24)39-19-5-8-30(37)38-2/h4,6-7,9-18,20-21H,3,5,8,19H2,1-2H3. The van der Waals surface area contributed by atoms with Crippen LogP contribution >= 0.6 is 0 Å². The molecular formula is C31H29F3N2O3. The highest BCUT2D eigenvalue weighted by molar-refractivity contribution is 5.72. The van der Waals surface area contributed by atoms with E-state index < -0.39 is 11.7 Å². The normalized spacial score (nSPS) is 11.6. The largest absolute Gasteiger partial charge is 0.494 e. The van der Waals surface area contributed by atoms with Gasteiger partial charge in [0.1, 0.15) is 11.6 Å². The molecule has 4 rings (SSSR count). The monoisotopic (exact) mass is 534 g/mol. The molecule has 0 aliphatic heterocycles. The number of imidazole rings is 1. The van der Waals surface area contributed by atoms with Crippen molar-refractivity contribution in [3.05, 3.63) is 95.9 Å². The van der Waals surface area contributed by atoms with Gasteiger partial charge >= 0.3 is 12.1 Å². The van der Waals surface area contributed by atoms with Gasteiger partial charge in [-0.2, -0.15) is 13.2 Å². The smallest absolute Gasteiger partial charge is 0.416 e. The maximum Gasteiger partial charge on any atom is 0.416 e. The van der Waals surface area contributed by atoms with Crippen LogP contribution in [0.1, 0.15) is 36.7 Å². The number of hydrogen-bond acceptors (Lipinski definition) is 4. The van der Waals surface area contributed by atoms with E-state index in [9.17, 15) is 18.0 Å². The van der Waals surface area contributed by atoms with Gasteiger partial charge in [0.25, 0.3) is 0 Å². The first kappa shape index (κ1) is 27.7. The van der Waals surface area contributed by atoms with E-state index >= 15 is 0 Å². The number of carbonyl (C=O) groups is 1. The van der Waals surface area contributed by atoms with Gasteiger partial charge in [0.2, 0.25) is 0 Å². The Morgan fingerprint density at radius 3 is 2.28 bits per heavy atom. The molecule has 202 valence electrons. The second kappa shape index (κ2) is 12.5. The molecule has 0 fully saturated rings. The zero-order chi connectivity index (χ0) is 27.8. The third kappa shape index (κ3) is 7.37. The van der Waals surface area contributed by atoms with Crippen LogP contribution in [0.5, 0.6) is 5.75 Å². The van der Waals surface area contributed by atoms with Crippen LogP contribution in [0.15, 0.2) is 79.0 Å². The van der Waals surface area contributed by atoms with Crippen LogP contribution in [0, 0.1) is 0 Å². The van der Waals surface area contributed by atoms with Gasteiger partial charge in [0.15, 0.2) is 0 Å². The molecule has 0 radical (unpaired) electrons. The molecule has 0 N–H and O–H groups in total. The molecule has 5 nitrogen and oxygen atoms in total. The Morgan fingerprint density at radius 1 is 0.949 bits per heavy atom. The molecule has 3 aromatic carbocycles. The van der Waals surface area contributed by atoms with E-state index in [-0.39, 0.29) is 5.97 Å². The molecule has 0 aliphatic rings. The van der Waals surface area contributed by atoms with Crippen LogP contribution in [0.4, 0.5) is 13.2 Å². The molecule has 39 heavy (non-hydrogen) atoms. The number of halogens is 3. The molecule has 4 aromatic rings. The minimum atomic E-state index is -4.40. The van der Waals surface area contributed by atoms with Gasteiger partial charge in [-0.05, 0) is 60.4 Å². The molecule has 0 amide bonds. The van der Waals surface area contributed by atoms with Crippen LogP contribution in [-0.2, 0) is 22.3 Å². The predicted molar refractivity (Wildman–Crippen MR) is 146 cm³/mol. The lowest BCUT2D eigenvalue weighted by molar-refractivity contribution is -0.141. The van der Waals surface area contributed by atoms with E-state index in [1.807, 2.05) is 72.2 Å². The molecule has 0 aliphatic carbocycles. The predicted octanol–water partition coefficient (Wildman–Crippen LogP) is 7.76. The average Bonchev–Trinajstić information content (AvgIpc) is 3.38. The maximum atomic E-state index is 13.1. The molecule has 0 saturated carbocycles. The zero-order valence-electron chi connectivity index (χ0n) is 21.7. The summed E-state index contributed by atoms with van der Waals surface area (Å²) in [6.45, 7) is 3.03. The number of esters is 1. The van der Waals surface area contributed by atoms with Crippen molar-refractivity contribution >= 4 is 18.1 Å². The Hall–Kier alpha value is -4.33. The highest BCUT2D eigenvalue weighted by Gasteiger charge is 2.30. The lowest BCUT2D eigenvalue weighted by Crippen LogP contribution is -2.04. The fourth-order valence-electron chi connectivity index (χ4n) is 4.02.